The van der Waals surface area contributed by atoms with Crippen molar-refractivity contribution in [1.82, 2.24) is 18.4 Å². The van der Waals surface area contributed by atoms with E-state index in [1.54, 1.807) is 0 Å². The third kappa shape index (κ3) is 5.22. The van der Waals surface area contributed by atoms with Crippen LogP contribution in [0.3, 0.4) is 0 Å². The molecule has 0 atom stereocenters. The molecule has 0 aliphatic rings. The van der Waals surface area contributed by atoms with Crippen molar-refractivity contribution in [1.29, 1.82) is 0 Å². The van der Waals surface area contributed by atoms with Gasteiger partial charge in [0.05, 0.1) is 44.1 Å². The summed E-state index contributed by atoms with van der Waals surface area (Å²) in [5, 5.41) is 13.9. The Kier molecular flexibility index (Phi) is 7.36. The summed E-state index contributed by atoms with van der Waals surface area (Å²) in [6.45, 7) is 21.1. The van der Waals surface area contributed by atoms with E-state index in [4.69, 9.17) is 4.98 Å². The van der Waals surface area contributed by atoms with Gasteiger partial charge in [-0.05, 0) is 134 Å². The second-order valence-electron chi connectivity index (χ2n) is 22.5. The molecule has 324 valence electrons. The van der Waals surface area contributed by atoms with Crippen LogP contribution in [0.25, 0.3) is 126 Å². The minimum Gasteiger partial charge on any atom is -0.309 e. The van der Waals surface area contributed by atoms with Gasteiger partial charge in [0, 0.05) is 59.7 Å². The first-order valence-corrected chi connectivity index (χ1v) is 24.0. The zero-order valence-electron chi connectivity index (χ0n) is 39.7. The molecule has 8 aromatic carbocycles. The average molecular weight is 865 g/mol. The molecule has 14 aromatic rings. The molecule has 6 aromatic heterocycles. The molecule has 6 heterocycles. The molecular formula is C63H52N4. The quantitative estimate of drug-likeness (QED) is 0.170. The van der Waals surface area contributed by atoms with Crippen LogP contribution >= 0.6 is 0 Å². The number of nitrogens with zero attached hydrogens (tertiary/aromatic N) is 4. The van der Waals surface area contributed by atoms with Crippen molar-refractivity contribution < 1.29 is 0 Å². The number of hydrogen-bond donors (Lipinski definition) is 0. The maximum absolute atomic E-state index is 5.96. The molecular weight excluding hydrogens is 813 g/mol. The van der Waals surface area contributed by atoms with E-state index in [1.165, 1.54) is 126 Å². The highest BCUT2D eigenvalue weighted by Crippen LogP contribution is 2.49. The molecule has 67 heavy (non-hydrogen) atoms. The summed E-state index contributed by atoms with van der Waals surface area (Å²) in [7, 11) is 0. The lowest BCUT2D eigenvalue weighted by Gasteiger charge is -2.22. The summed E-state index contributed by atoms with van der Waals surface area (Å²) in [4.78, 5) is 5.96. The number of fused-ring (bicyclic) bond motifs is 16. The van der Waals surface area contributed by atoms with Crippen molar-refractivity contribution in [2.24, 2.45) is 0 Å². The molecule has 14 rings (SSSR count). The smallest absolute Gasteiger partial charge is 0.146 e. The van der Waals surface area contributed by atoms with Gasteiger partial charge in [0.1, 0.15) is 5.65 Å². The van der Waals surface area contributed by atoms with Crippen LogP contribution in [-0.2, 0) is 16.2 Å². The summed E-state index contributed by atoms with van der Waals surface area (Å²) in [5.74, 6) is 0. The molecule has 0 saturated carbocycles. The third-order valence-corrected chi connectivity index (χ3v) is 15.3. The maximum atomic E-state index is 5.96. The molecule has 0 aliphatic heterocycles. The Morgan fingerprint density at radius 3 is 1.60 bits per heavy atom. The molecule has 0 fully saturated rings. The second-order valence-corrected chi connectivity index (χ2v) is 22.5. The number of para-hydroxylation sites is 2. The fraction of sp³-hybridized carbons (Fsp3) is 0.190. The van der Waals surface area contributed by atoms with E-state index in [1.807, 2.05) is 0 Å². The monoisotopic (exact) mass is 864 g/mol. The van der Waals surface area contributed by atoms with Gasteiger partial charge in [-0.1, -0.05) is 129 Å². The number of pyridine rings is 1. The van der Waals surface area contributed by atoms with E-state index in [2.05, 4.69) is 227 Å². The van der Waals surface area contributed by atoms with Crippen LogP contribution in [0.4, 0.5) is 0 Å². The summed E-state index contributed by atoms with van der Waals surface area (Å²) < 4.78 is 7.49. The SMILES string of the molecule is CC(C)(C)c1cc(-c2ccc3c(c2)c2ccccc2n3-c2ccccc2)c2c(c1)c1cc(C(C)(C)C)cc3c4cc5c(nc4n2c31)c1cc(C(C)(C)C)cc2c3cc4ccccc4cc3n5c21. The summed E-state index contributed by atoms with van der Waals surface area (Å²) in [6.07, 6.45) is 0. The lowest BCUT2D eigenvalue weighted by atomic mass is 9.83. The van der Waals surface area contributed by atoms with Crippen LogP contribution in [-0.4, -0.2) is 18.4 Å². The first-order chi connectivity index (χ1) is 32.1. The van der Waals surface area contributed by atoms with Crippen LogP contribution in [0.2, 0.25) is 0 Å². The van der Waals surface area contributed by atoms with Crippen LogP contribution in [0, 0.1) is 0 Å². The van der Waals surface area contributed by atoms with Crippen molar-refractivity contribution in [3.8, 4) is 16.8 Å². The van der Waals surface area contributed by atoms with Gasteiger partial charge in [0.15, 0.2) is 0 Å². The molecule has 4 heteroatoms. The van der Waals surface area contributed by atoms with Crippen molar-refractivity contribution in [3.05, 3.63) is 168 Å². The molecule has 0 N–H and O–H groups in total. The van der Waals surface area contributed by atoms with Crippen LogP contribution in [0.1, 0.15) is 79.0 Å². The molecule has 4 nitrogen and oxygen atoms in total. The molecule has 0 radical (unpaired) electrons. The number of benzene rings is 8. The summed E-state index contributed by atoms with van der Waals surface area (Å²) in [5.41, 5.74) is 18.0. The molecule has 0 unspecified atom stereocenters. The Morgan fingerprint density at radius 2 is 0.896 bits per heavy atom. The van der Waals surface area contributed by atoms with Crippen molar-refractivity contribution in [3.63, 3.8) is 0 Å². The van der Waals surface area contributed by atoms with Gasteiger partial charge in [0.2, 0.25) is 0 Å². The van der Waals surface area contributed by atoms with Crippen molar-refractivity contribution in [2.45, 2.75) is 78.6 Å². The Labute approximate surface area is 389 Å². The van der Waals surface area contributed by atoms with Gasteiger partial charge in [-0.2, -0.15) is 0 Å². The summed E-state index contributed by atoms with van der Waals surface area (Å²) >= 11 is 0. The van der Waals surface area contributed by atoms with E-state index in [0.717, 1.165) is 16.7 Å². The number of aromatic nitrogens is 4. The van der Waals surface area contributed by atoms with Crippen LogP contribution in [0.15, 0.2) is 152 Å². The summed E-state index contributed by atoms with van der Waals surface area (Å²) in [6, 6.07) is 57.7. The zero-order chi connectivity index (χ0) is 45.6. The second kappa shape index (κ2) is 12.7. The van der Waals surface area contributed by atoms with Gasteiger partial charge >= 0.3 is 0 Å². The highest BCUT2D eigenvalue weighted by atomic mass is 15.0. The Bertz CT molecular complexity index is 4420. The minimum atomic E-state index is -0.0820. The van der Waals surface area contributed by atoms with Crippen LogP contribution < -0.4 is 0 Å². The fourth-order valence-corrected chi connectivity index (χ4v) is 11.7. The van der Waals surface area contributed by atoms with Crippen molar-refractivity contribution in [2.75, 3.05) is 0 Å². The maximum Gasteiger partial charge on any atom is 0.146 e. The highest BCUT2D eigenvalue weighted by Gasteiger charge is 2.30. The number of rotatable bonds is 2. The van der Waals surface area contributed by atoms with E-state index in [9.17, 15) is 0 Å². The standard InChI is InChI=1S/C63H52N4/c1-61(2,3)38-28-43(37-23-24-53-44(26-37)42-21-15-16-22-52(42)65(53)41-19-11-10-12-20-41)57-47(30-38)48-31-39(62(4,5)6)32-49-50-34-55-56(64-60(50)67(57)58(48)49)51-33-40(63(7,8)9)29-46-45-25-35-17-13-14-18-36(35)27-54(45)66(55)59(46)51/h10-34H,1-9H3. The molecule has 0 saturated heterocycles. The Balaban J connectivity index is 1.16. The molecule has 0 bridgehead atoms. The molecule has 0 amide bonds. The first kappa shape index (κ1) is 38.8. The average Bonchev–Trinajstić information content (AvgIpc) is 4.09. The zero-order valence-corrected chi connectivity index (χ0v) is 39.7. The van der Waals surface area contributed by atoms with Gasteiger partial charge in [0.25, 0.3) is 0 Å². The van der Waals surface area contributed by atoms with E-state index < -0.39 is 0 Å². The van der Waals surface area contributed by atoms with E-state index in [-0.39, 0.29) is 16.2 Å². The van der Waals surface area contributed by atoms with Gasteiger partial charge in [-0.3, -0.25) is 4.40 Å². The van der Waals surface area contributed by atoms with E-state index in [0.29, 0.717) is 0 Å². The van der Waals surface area contributed by atoms with Gasteiger partial charge < -0.3 is 8.97 Å². The predicted molar refractivity (Wildman–Crippen MR) is 287 cm³/mol. The first-order valence-electron chi connectivity index (χ1n) is 24.0. The van der Waals surface area contributed by atoms with E-state index >= 15 is 0 Å². The highest BCUT2D eigenvalue weighted by molar-refractivity contribution is 6.29. The Hall–Kier alpha value is -7.43. The lowest BCUT2D eigenvalue weighted by Crippen LogP contribution is -2.11. The fourth-order valence-electron chi connectivity index (χ4n) is 11.7. The molecule has 0 spiro atoms. The normalized spacial score (nSPS) is 13.4. The topological polar surface area (TPSA) is 26.6 Å². The van der Waals surface area contributed by atoms with Crippen molar-refractivity contribution >= 4 is 109 Å². The minimum absolute atomic E-state index is 0.0496. The third-order valence-electron chi connectivity index (χ3n) is 15.3. The number of hydrogen-bond acceptors (Lipinski definition) is 1. The molecule has 0 aliphatic carbocycles. The largest absolute Gasteiger partial charge is 0.309 e. The van der Waals surface area contributed by atoms with Gasteiger partial charge in [-0.25, -0.2) is 4.98 Å². The Morgan fingerprint density at radius 1 is 0.358 bits per heavy atom. The van der Waals surface area contributed by atoms with Gasteiger partial charge in [-0.15, -0.1) is 0 Å². The lowest BCUT2D eigenvalue weighted by molar-refractivity contribution is 0.591. The van der Waals surface area contributed by atoms with Crippen LogP contribution in [0.5, 0.6) is 0 Å². The predicted octanol–water partition coefficient (Wildman–Crippen LogP) is 17.2.